The molecule has 4 nitrogen and oxygen atoms in total. The van der Waals surface area contributed by atoms with Crippen molar-refractivity contribution in [3.63, 3.8) is 0 Å². The van der Waals surface area contributed by atoms with Gasteiger partial charge in [-0.05, 0) is 23.6 Å². The van der Waals surface area contributed by atoms with Gasteiger partial charge in [-0.15, -0.1) is 5.12 Å². The van der Waals surface area contributed by atoms with Crippen LogP contribution in [0.25, 0.3) is 11.1 Å². The number of carbonyl (C=O) groups excluding carboxylic acids is 2. The van der Waals surface area contributed by atoms with Gasteiger partial charge in [0.2, 0.25) is 0 Å². The number of halogens is 1. The first kappa shape index (κ1) is 15.8. The second-order valence-corrected chi connectivity index (χ2v) is 5.00. The number of pyridine rings is 1. The zero-order valence-corrected chi connectivity index (χ0v) is 12.8. The smallest absolute Gasteiger partial charge is 0.251 e. The number of amides is 1. The Hall–Kier alpha value is -2.56. The van der Waals surface area contributed by atoms with Gasteiger partial charge in [-0.1, -0.05) is 35.7 Å². The van der Waals surface area contributed by atoms with Gasteiger partial charge in [0.1, 0.15) is 11.4 Å². The molecule has 0 aliphatic rings. The molecule has 0 unspecified atom stereocenters. The van der Waals surface area contributed by atoms with Crippen LogP contribution in [-0.2, 0) is 11.2 Å². The van der Waals surface area contributed by atoms with E-state index in [0.717, 1.165) is 24.5 Å². The second-order valence-electron chi connectivity index (χ2n) is 5.00. The number of hydrogen-bond acceptors (Lipinski definition) is 3. The SMILES string of the molecule is CCc1cccc(-c2cnc(C(C)=O)c(N(F)C(C)=O)c2)c1. The van der Waals surface area contributed by atoms with Gasteiger partial charge in [0.25, 0.3) is 5.91 Å². The zero-order chi connectivity index (χ0) is 16.3. The minimum absolute atomic E-state index is 0.0447. The standard InChI is InChI=1S/C17H17FN2O2/c1-4-13-6-5-7-14(8-13)15-9-16(20(18)12(3)22)17(11(2)21)19-10-15/h5-10H,4H2,1-3H3. The molecule has 0 atom stereocenters. The number of benzene rings is 1. The van der Waals surface area contributed by atoms with E-state index in [2.05, 4.69) is 4.98 Å². The van der Waals surface area contributed by atoms with Crippen LogP contribution in [0.15, 0.2) is 36.5 Å². The van der Waals surface area contributed by atoms with Crippen molar-refractivity contribution in [1.29, 1.82) is 0 Å². The molecule has 114 valence electrons. The zero-order valence-electron chi connectivity index (χ0n) is 12.8. The van der Waals surface area contributed by atoms with Crippen LogP contribution >= 0.6 is 0 Å². The highest BCUT2D eigenvalue weighted by molar-refractivity contribution is 6.02. The minimum Gasteiger partial charge on any atom is -0.293 e. The number of aryl methyl sites for hydroxylation is 1. The summed E-state index contributed by atoms with van der Waals surface area (Å²) in [6.07, 6.45) is 2.39. The van der Waals surface area contributed by atoms with Crippen LogP contribution in [-0.4, -0.2) is 16.7 Å². The number of ketones is 1. The lowest BCUT2D eigenvalue weighted by Crippen LogP contribution is -2.21. The summed E-state index contributed by atoms with van der Waals surface area (Å²) in [4.78, 5) is 26.9. The van der Waals surface area contributed by atoms with Crippen molar-refractivity contribution in [2.24, 2.45) is 0 Å². The molecule has 22 heavy (non-hydrogen) atoms. The molecule has 0 fully saturated rings. The predicted molar refractivity (Wildman–Crippen MR) is 83.3 cm³/mol. The number of nitrogens with zero attached hydrogens (tertiary/aromatic N) is 2. The van der Waals surface area contributed by atoms with Crippen LogP contribution in [0.4, 0.5) is 10.2 Å². The fourth-order valence-corrected chi connectivity index (χ4v) is 2.17. The van der Waals surface area contributed by atoms with Gasteiger partial charge >= 0.3 is 0 Å². The largest absolute Gasteiger partial charge is 0.293 e. The van der Waals surface area contributed by atoms with E-state index in [9.17, 15) is 14.1 Å². The Kier molecular flexibility index (Phi) is 4.65. The Labute approximate surface area is 128 Å². The molecule has 2 aromatic rings. The molecular weight excluding hydrogens is 283 g/mol. The Morgan fingerprint density at radius 3 is 2.50 bits per heavy atom. The molecule has 0 radical (unpaired) electrons. The predicted octanol–water partition coefficient (Wildman–Crippen LogP) is 3.75. The monoisotopic (exact) mass is 300 g/mol. The van der Waals surface area contributed by atoms with Gasteiger partial charge in [0.15, 0.2) is 5.78 Å². The molecule has 1 aromatic carbocycles. The summed E-state index contributed by atoms with van der Waals surface area (Å²) in [5.74, 6) is -1.20. The molecule has 1 aromatic heterocycles. The van der Waals surface area contributed by atoms with Gasteiger partial charge in [-0.2, -0.15) is 0 Å². The van der Waals surface area contributed by atoms with Crippen LogP contribution in [0.2, 0.25) is 0 Å². The highest BCUT2D eigenvalue weighted by Crippen LogP contribution is 2.28. The van der Waals surface area contributed by atoms with E-state index in [1.165, 1.54) is 19.2 Å². The molecular formula is C17H17FN2O2. The Morgan fingerprint density at radius 1 is 1.18 bits per heavy atom. The third-order valence-corrected chi connectivity index (χ3v) is 3.36. The summed E-state index contributed by atoms with van der Waals surface area (Å²) in [5, 5.41) is -0.0447. The van der Waals surface area contributed by atoms with Crippen molar-refractivity contribution in [2.45, 2.75) is 27.2 Å². The van der Waals surface area contributed by atoms with Crippen LogP contribution in [0.5, 0.6) is 0 Å². The summed E-state index contributed by atoms with van der Waals surface area (Å²) >= 11 is 0. The van der Waals surface area contributed by atoms with Gasteiger partial charge in [0.05, 0.1) is 0 Å². The molecule has 0 N–H and O–H groups in total. The van der Waals surface area contributed by atoms with Crippen LogP contribution < -0.4 is 5.12 Å². The Morgan fingerprint density at radius 2 is 1.91 bits per heavy atom. The fraction of sp³-hybridized carbons (Fsp3) is 0.235. The molecule has 0 saturated carbocycles. The third kappa shape index (κ3) is 3.19. The van der Waals surface area contributed by atoms with E-state index >= 15 is 0 Å². The summed E-state index contributed by atoms with van der Waals surface area (Å²) < 4.78 is 14.0. The lowest BCUT2D eigenvalue weighted by molar-refractivity contribution is -0.119. The topological polar surface area (TPSA) is 50.3 Å². The average Bonchev–Trinajstić information content (AvgIpc) is 2.53. The number of carbonyl (C=O) groups is 2. The lowest BCUT2D eigenvalue weighted by Gasteiger charge is -2.14. The highest BCUT2D eigenvalue weighted by Gasteiger charge is 2.20. The first-order valence-corrected chi connectivity index (χ1v) is 7.00. The van der Waals surface area contributed by atoms with Crippen molar-refractivity contribution in [2.75, 3.05) is 5.12 Å². The van der Waals surface area contributed by atoms with Gasteiger partial charge in [-0.3, -0.25) is 14.6 Å². The van der Waals surface area contributed by atoms with Crippen molar-refractivity contribution < 1.29 is 14.1 Å². The van der Waals surface area contributed by atoms with E-state index in [4.69, 9.17) is 0 Å². The Bertz CT molecular complexity index is 728. The summed E-state index contributed by atoms with van der Waals surface area (Å²) in [7, 11) is 0. The fourth-order valence-electron chi connectivity index (χ4n) is 2.17. The molecule has 2 rings (SSSR count). The maximum absolute atomic E-state index is 14.0. The van der Waals surface area contributed by atoms with Crippen LogP contribution in [0, 0.1) is 0 Å². The number of anilines is 1. The quantitative estimate of drug-likeness (QED) is 0.638. The van der Waals surface area contributed by atoms with Crippen molar-refractivity contribution in [3.05, 3.63) is 47.8 Å². The molecule has 0 saturated heterocycles. The van der Waals surface area contributed by atoms with Crippen molar-refractivity contribution in [3.8, 4) is 11.1 Å². The lowest BCUT2D eigenvalue weighted by atomic mass is 10.0. The normalized spacial score (nSPS) is 10.4. The van der Waals surface area contributed by atoms with Crippen molar-refractivity contribution >= 4 is 17.4 Å². The summed E-state index contributed by atoms with van der Waals surface area (Å²) in [6, 6.07) is 9.23. The van der Waals surface area contributed by atoms with E-state index in [1.54, 1.807) is 0 Å². The van der Waals surface area contributed by atoms with Gasteiger partial charge < -0.3 is 0 Å². The molecule has 0 bridgehead atoms. The van der Waals surface area contributed by atoms with Crippen molar-refractivity contribution in [1.82, 2.24) is 4.98 Å². The number of hydrogen-bond donors (Lipinski definition) is 0. The summed E-state index contributed by atoms with van der Waals surface area (Å²) in [6.45, 7) is 4.42. The molecule has 0 aliphatic carbocycles. The highest BCUT2D eigenvalue weighted by atomic mass is 19.2. The van der Waals surface area contributed by atoms with Crippen LogP contribution in [0.3, 0.4) is 0 Å². The first-order chi connectivity index (χ1) is 10.4. The van der Waals surface area contributed by atoms with Gasteiger partial charge in [-0.25, -0.2) is 0 Å². The number of aromatic nitrogens is 1. The summed E-state index contributed by atoms with van der Waals surface area (Å²) in [5.41, 5.74) is 2.46. The van der Waals surface area contributed by atoms with E-state index in [-0.39, 0.29) is 16.5 Å². The third-order valence-electron chi connectivity index (χ3n) is 3.36. The van der Waals surface area contributed by atoms with Crippen LogP contribution in [0.1, 0.15) is 36.8 Å². The molecule has 0 aliphatic heterocycles. The molecule has 1 amide bonds. The van der Waals surface area contributed by atoms with E-state index in [1.807, 2.05) is 31.2 Å². The first-order valence-electron chi connectivity index (χ1n) is 7.00. The average molecular weight is 300 g/mol. The molecule has 1 heterocycles. The maximum Gasteiger partial charge on any atom is 0.251 e. The minimum atomic E-state index is -0.802. The number of rotatable bonds is 4. The van der Waals surface area contributed by atoms with E-state index < -0.39 is 11.7 Å². The molecule has 5 heteroatoms. The molecule has 0 spiro atoms. The van der Waals surface area contributed by atoms with E-state index in [0.29, 0.717) is 5.56 Å². The second kappa shape index (κ2) is 6.47. The number of Topliss-reactive ketones (excluding diaryl/α,β-unsaturated/α-hetero) is 1. The maximum atomic E-state index is 14.0. The Balaban J connectivity index is 2.57. The van der Waals surface area contributed by atoms with Gasteiger partial charge in [0, 0.05) is 25.6 Å².